The molecule has 2 aliphatic rings. The Bertz CT molecular complexity index is 359. The van der Waals surface area contributed by atoms with Gasteiger partial charge in [0, 0.05) is 13.1 Å². The van der Waals surface area contributed by atoms with Crippen LogP contribution in [-0.2, 0) is 10.0 Å². The molecule has 0 N–H and O–H groups in total. The minimum atomic E-state index is -2.96. The van der Waals surface area contributed by atoms with E-state index in [0.717, 1.165) is 37.8 Å². The van der Waals surface area contributed by atoms with Gasteiger partial charge < -0.3 is 0 Å². The molecular formula is C13H25NO2S. The van der Waals surface area contributed by atoms with Crippen molar-refractivity contribution in [1.82, 2.24) is 4.31 Å². The average molecular weight is 259 g/mol. The summed E-state index contributed by atoms with van der Waals surface area (Å²) in [6.07, 6.45) is 7.50. The van der Waals surface area contributed by atoms with Crippen LogP contribution in [-0.4, -0.2) is 32.1 Å². The Morgan fingerprint density at radius 2 is 1.76 bits per heavy atom. The van der Waals surface area contributed by atoms with Gasteiger partial charge in [-0.3, -0.25) is 0 Å². The van der Waals surface area contributed by atoms with Crippen molar-refractivity contribution in [3.05, 3.63) is 0 Å². The van der Waals surface area contributed by atoms with Crippen LogP contribution in [0.5, 0.6) is 0 Å². The van der Waals surface area contributed by atoms with Crippen LogP contribution in [0, 0.1) is 17.3 Å². The number of hydrogen-bond donors (Lipinski definition) is 0. The van der Waals surface area contributed by atoms with Crippen molar-refractivity contribution in [2.24, 2.45) is 17.3 Å². The van der Waals surface area contributed by atoms with Gasteiger partial charge in [-0.05, 0) is 49.4 Å². The van der Waals surface area contributed by atoms with Crippen LogP contribution in [0.3, 0.4) is 0 Å². The van der Waals surface area contributed by atoms with Gasteiger partial charge in [0.2, 0.25) is 10.0 Å². The lowest BCUT2D eigenvalue weighted by Crippen LogP contribution is -2.48. The summed E-state index contributed by atoms with van der Waals surface area (Å²) in [4.78, 5) is 0. The van der Waals surface area contributed by atoms with E-state index >= 15 is 0 Å². The fourth-order valence-corrected chi connectivity index (χ4v) is 4.54. The third-order valence-corrected chi connectivity index (χ3v) is 5.80. The van der Waals surface area contributed by atoms with Crippen molar-refractivity contribution in [3.63, 3.8) is 0 Å². The summed E-state index contributed by atoms with van der Waals surface area (Å²) >= 11 is 0. The maximum atomic E-state index is 11.4. The van der Waals surface area contributed by atoms with Gasteiger partial charge in [-0.2, -0.15) is 0 Å². The highest BCUT2D eigenvalue weighted by Crippen LogP contribution is 2.54. The smallest absolute Gasteiger partial charge is 0.211 e. The normalized spacial score (nSPS) is 26.4. The molecule has 17 heavy (non-hydrogen) atoms. The average Bonchev–Trinajstić information content (AvgIpc) is 2.13. The first-order chi connectivity index (χ1) is 7.81. The van der Waals surface area contributed by atoms with Crippen molar-refractivity contribution in [2.45, 2.75) is 46.0 Å². The first-order valence-electron chi connectivity index (χ1n) is 6.76. The molecule has 2 rings (SSSR count). The van der Waals surface area contributed by atoms with Gasteiger partial charge in [-0.15, -0.1) is 0 Å². The van der Waals surface area contributed by atoms with E-state index in [4.69, 9.17) is 0 Å². The Labute approximate surface area is 106 Å². The quantitative estimate of drug-likeness (QED) is 0.781. The molecule has 100 valence electrons. The number of piperidine rings is 1. The fourth-order valence-electron chi connectivity index (χ4n) is 3.70. The maximum Gasteiger partial charge on any atom is 0.211 e. The number of nitrogens with zero attached hydrogens (tertiary/aromatic N) is 1. The van der Waals surface area contributed by atoms with E-state index in [1.165, 1.54) is 25.5 Å². The van der Waals surface area contributed by atoms with Gasteiger partial charge in [-0.25, -0.2) is 12.7 Å². The summed E-state index contributed by atoms with van der Waals surface area (Å²) in [6, 6.07) is 0. The Balaban J connectivity index is 1.81. The summed E-state index contributed by atoms with van der Waals surface area (Å²) < 4.78 is 24.5. The molecule has 1 heterocycles. The van der Waals surface area contributed by atoms with E-state index < -0.39 is 10.0 Å². The molecule has 1 saturated heterocycles. The van der Waals surface area contributed by atoms with E-state index in [-0.39, 0.29) is 0 Å². The molecule has 3 nitrogen and oxygen atoms in total. The van der Waals surface area contributed by atoms with Crippen LogP contribution in [0.15, 0.2) is 0 Å². The molecule has 1 spiro atoms. The molecule has 0 atom stereocenters. The van der Waals surface area contributed by atoms with E-state index in [1.54, 1.807) is 4.31 Å². The second-order valence-electron chi connectivity index (χ2n) is 6.57. The first-order valence-corrected chi connectivity index (χ1v) is 8.61. The summed E-state index contributed by atoms with van der Waals surface area (Å²) in [5.41, 5.74) is 0.501. The lowest BCUT2D eigenvalue weighted by molar-refractivity contribution is -0.00378. The topological polar surface area (TPSA) is 37.4 Å². The van der Waals surface area contributed by atoms with Crippen LogP contribution in [0.1, 0.15) is 46.0 Å². The zero-order chi connectivity index (χ0) is 12.7. The predicted molar refractivity (Wildman–Crippen MR) is 70.3 cm³/mol. The number of hydrogen-bond acceptors (Lipinski definition) is 2. The minimum Gasteiger partial charge on any atom is -0.213 e. The van der Waals surface area contributed by atoms with Crippen molar-refractivity contribution >= 4 is 10.0 Å². The second-order valence-corrected chi connectivity index (χ2v) is 8.55. The van der Waals surface area contributed by atoms with E-state index in [1.807, 2.05) is 0 Å². The standard InChI is InChI=1S/C13H25NO2S/c1-11(2)8-12-9-13(10-12)4-6-14(7-5-13)17(3,15)16/h11-12H,4-10H2,1-3H3. The Kier molecular flexibility index (Phi) is 3.56. The highest BCUT2D eigenvalue weighted by atomic mass is 32.2. The van der Waals surface area contributed by atoms with Crippen molar-refractivity contribution in [3.8, 4) is 0 Å². The summed E-state index contributed by atoms with van der Waals surface area (Å²) in [6.45, 7) is 6.06. The molecule has 0 unspecified atom stereocenters. The fraction of sp³-hybridized carbons (Fsp3) is 1.00. The molecule has 0 bridgehead atoms. The minimum absolute atomic E-state index is 0.501. The molecule has 0 aromatic carbocycles. The van der Waals surface area contributed by atoms with Crippen molar-refractivity contribution in [1.29, 1.82) is 0 Å². The summed E-state index contributed by atoms with van der Waals surface area (Å²) in [5, 5.41) is 0. The van der Waals surface area contributed by atoms with Gasteiger partial charge >= 0.3 is 0 Å². The zero-order valence-corrected chi connectivity index (χ0v) is 12.1. The van der Waals surface area contributed by atoms with Gasteiger partial charge in [0.25, 0.3) is 0 Å². The van der Waals surface area contributed by atoms with Gasteiger partial charge in [0.1, 0.15) is 0 Å². The van der Waals surface area contributed by atoms with Gasteiger partial charge in [0.15, 0.2) is 0 Å². The molecule has 2 fully saturated rings. The van der Waals surface area contributed by atoms with Crippen LogP contribution in [0.2, 0.25) is 0 Å². The summed E-state index contributed by atoms with van der Waals surface area (Å²) in [5.74, 6) is 1.70. The SMILES string of the molecule is CC(C)CC1CC2(CCN(S(C)(=O)=O)CC2)C1. The van der Waals surface area contributed by atoms with Crippen molar-refractivity contribution < 1.29 is 8.42 Å². The molecule has 0 amide bonds. The molecular weight excluding hydrogens is 234 g/mol. The van der Waals surface area contributed by atoms with Gasteiger partial charge in [0.05, 0.1) is 6.26 Å². The van der Waals surface area contributed by atoms with Crippen LogP contribution in [0.25, 0.3) is 0 Å². The first kappa shape index (κ1) is 13.3. The number of sulfonamides is 1. The monoisotopic (exact) mass is 259 g/mol. The Morgan fingerprint density at radius 3 is 2.18 bits per heavy atom. The van der Waals surface area contributed by atoms with E-state index in [2.05, 4.69) is 13.8 Å². The van der Waals surface area contributed by atoms with E-state index in [9.17, 15) is 8.42 Å². The highest BCUT2D eigenvalue weighted by Gasteiger charge is 2.46. The lowest BCUT2D eigenvalue weighted by Gasteiger charge is -2.52. The lowest BCUT2D eigenvalue weighted by atomic mass is 9.56. The largest absolute Gasteiger partial charge is 0.213 e. The molecule has 4 heteroatoms. The van der Waals surface area contributed by atoms with E-state index in [0.29, 0.717) is 5.41 Å². The zero-order valence-electron chi connectivity index (χ0n) is 11.3. The third kappa shape index (κ3) is 3.02. The number of rotatable bonds is 3. The van der Waals surface area contributed by atoms with Crippen molar-refractivity contribution in [2.75, 3.05) is 19.3 Å². The Morgan fingerprint density at radius 1 is 1.24 bits per heavy atom. The maximum absolute atomic E-state index is 11.4. The Hall–Kier alpha value is -0.0900. The molecule has 0 radical (unpaired) electrons. The summed E-state index contributed by atoms with van der Waals surface area (Å²) in [7, 11) is -2.96. The molecule has 1 aliphatic heterocycles. The van der Waals surface area contributed by atoms with Crippen LogP contribution >= 0.6 is 0 Å². The highest BCUT2D eigenvalue weighted by molar-refractivity contribution is 7.88. The van der Waals surface area contributed by atoms with Crippen LogP contribution in [0.4, 0.5) is 0 Å². The molecule has 1 aliphatic carbocycles. The third-order valence-electron chi connectivity index (χ3n) is 4.50. The second kappa shape index (κ2) is 4.54. The molecule has 0 aromatic heterocycles. The molecule has 0 aromatic rings. The van der Waals surface area contributed by atoms with Crippen LogP contribution < -0.4 is 0 Å². The molecule has 1 saturated carbocycles. The van der Waals surface area contributed by atoms with Gasteiger partial charge in [-0.1, -0.05) is 13.8 Å². The predicted octanol–water partition coefficient (Wildman–Crippen LogP) is 2.48.